The molecular formula is C10H20O2. The van der Waals surface area contributed by atoms with Crippen molar-refractivity contribution in [3.05, 3.63) is 0 Å². The van der Waals surface area contributed by atoms with Crippen LogP contribution in [0.15, 0.2) is 0 Å². The summed E-state index contributed by atoms with van der Waals surface area (Å²) in [7, 11) is 0. The molecule has 1 rings (SSSR count). The quantitative estimate of drug-likeness (QED) is 0.665. The minimum atomic E-state index is -0.777. The van der Waals surface area contributed by atoms with Crippen LogP contribution in [0.5, 0.6) is 0 Å². The normalized spacial score (nSPS) is 43.0. The monoisotopic (exact) mass is 172 g/mol. The van der Waals surface area contributed by atoms with Gasteiger partial charge in [-0.15, -0.1) is 0 Å². The highest BCUT2D eigenvalue weighted by molar-refractivity contribution is 4.91. The zero-order valence-corrected chi connectivity index (χ0v) is 8.08. The lowest BCUT2D eigenvalue weighted by Gasteiger charge is -2.39. The van der Waals surface area contributed by atoms with Gasteiger partial charge in [-0.25, -0.2) is 0 Å². The van der Waals surface area contributed by atoms with Crippen LogP contribution in [-0.4, -0.2) is 21.9 Å². The number of aliphatic hydroxyl groups excluding tert-OH is 1. The third-order valence-corrected chi connectivity index (χ3v) is 3.00. The lowest BCUT2D eigenvalue weighted by molar-refractivity contribution is -0.114. The highest BCUT2D eigenvalue weighted by atomic mass is 16.3. The first-order valence-electron chi connectivity index (χ1n) is 4.99. The van der Waals surface area contributed by atoms with Gasteiger partial charge < -0.3 is 10.2 Å². The molecule has 72 valence electrons. The Balaban J connectivity index is 2.53. The minimum absolute atomic E-state index is 0.499. The number of hydrogen-bond donors (Lipinski definition) is 2. The van der Waals surface area contributed by atoms with Gasteiger partial charge in [0.1, 0.15) is 0 Å². The van der Waals surface area contributed by atoms with Gasteiger partial charge in [0.2, 0.25) is 0 Å². The Morgan fingerprint density at radius 2 is 2.17 bits per heavy atom. The largest absolute Gasteiger partial charge is 0.390 e. The third kappa shape index (κ3) is 1.99. The van der Waals surface area contributed by atoms with Crippen molar-refractivity contribution >= 4 is 0 Å². The van der Waals surface area contributed by atoms with E-state index in [-0.39, 0.29) is 0 Å². The highest BCUT2D eigenvalue weighted by Crippen LogP contribution is 2.34. The van der Waals surface area contributed by atoms with E-state index in [1.165, 1.54) is 0 Å². The van der Waals surface area contributed by atoms with E-state index in [4.69, 9.17) is 0 Å². The third-order valence-electron chi connectivity index (χ3n) is 3.00. The van der Waals surface area contributed by atoms with Crippen LogP contribution in [0.2, 0.25) is 0 Å². The SMILES string of the molecule is CCC[C@@]1(O)CCC(C)C[C@@H]1O. The lowest BCUT2D eigenvalue weighted by Crippen LogP contribution is -2.46. The summed E-state index contributed by atoms with van der Waals surface area (Å²) in [6, 6.07) is 0. The van der Waals surface area contributed by atoms with E-state index >= 15 is 0 Å². The summed E-state index contributed by atoms with van der Waals surface area (Å²) in [6.07, 6.45) is 3.76. The summed E-state index contributed by atoms with van der Waals surface area (Å²) in [5.41, 5.74) is -0.777. The summed E-state index contributed by atoms with van der Waals surface area (Å²) in [5.74, 6) is 0.567. The van der Waals surface area contributed by atoms with E-state index < -0.39 is 11.7 Å². The van der Waals surface area contributed by atoms with Gasteiger partial charge in [0, 0.05) is 0 Å². The van der Waals surface area contributed by atoms with Crippen LogP contribution < -0.4 is 0 Å². The van der Waals surface area contributed by atoms with Crippen LogP contribution in [-0.2, 0) is 0 Å². The Morgan fingerprint density at radius 3 is 2.67 bits per heavy atom. The number of hydrogen-bond acceptors (Lipinski definition) is 2. The summed E-state index contributed by atoms with van der Waals surface area (Å²) < 4.78 is 0. The summed E-state index contributed by atoms with van der Waals surface area (Å²) >= 11 is 0. The molecule has 0 aromatic rings. The van der Waals surface area contributed by atoms with Crippen molar-refractivity contribution in [1.29, 1.82) is 0 Å². The van der Waals surface area contributed by atoms with Crippen molar-refractivity contribution in [3.63, 3.8) is 0 Å². The van der Waals surface area contributed by atoms with Crippen molar-refractivity contribution in [1.82, 2.24) is 0 Å². The molecule has 3 atom stereocenters. The van der Waals surface area contributed by atoms with Crippen molar-refractivity contribution in [3.8, 4) is 0 Å². The van der Waals surface area contributed by atoms with Gasteiger partial charge in [-0.3, -0.25) is 0 Å². The molecule has 2 N–H and O–H groups in total. The lowest BCUT2D eigenvalue weighted by atomic mass is 9.75. The first kappa shape index (κ1) is 10.0. The molecule has 0 radical (unpaired) electrons. The molecule has 2 heteroatoms. The van der Waals surface area contributed by atoms with Gasteiger partial charge in [-0.2, -0.15) is 0 Å². The van der Waals surface area contributed by atoms with Crippen LogP contribution in [0.4, 0.5) is 0 Å². The molecule has 12 heavy (non-hydrogen) atoms. The zero-order valence-electron chi connectivity index (χ0n) is 8.08. The Bertz CT molecular complexity index is 147. The van der Waals surface area contributed by atoms with Gasteiger partial charge >= 0.3 is 0 Å². The van der Waals surface area contributed by atoms with E-state index in [1.54, 1.807) is 0 Å². The molecule has 2 nitrogen and oxygen atoms in total. The smallest absolute Gasteiger partial charge is 0.0905 e. The second-order valence-electron chi connectivity index (χ2n) is 4.25. The van der Waals surface area contributed by atoms with E-state index in [1.807, 2.05) is 6.92 Å². The number of rotatable bonds is 2. The molecule has 0 spiro atoms. The van der Waals surface area contributed by atoms with Crippen LogP contribution in [0.25, 0.3) is 0 Å². The molecule has 0 aromatic carbocycles. The topological polar surface area (TPSA) is 40.5 Å². The summed E-state index contributed by atoms with van der Waals surface area (Å²) in [6.45, 7) is 4.18. The molecule has 1 saturated carbocycles. The molecule has 1 aliphatic carbocycles. The molecular weight excluding hydrogens is 152 g/mol. The molecule has 1 fully saturated rings. The first-order valence-corrected chi connectivity index (χ1v) is 4.99. The Kier molecular flexibility index (Phi) is 3.13. The maximum absolute atomic E-state index is 10.0. The van der Waals surface area contributed by atoms with Crippen molar-refractivity contribution < 1.29 is 10.2 Å². The molecule has 0 bridgehead atoms. The standard InChI is InChI=1S/C10H20O2/c1-3-5-10(12)6-4-8(2)7-9(10)11/h8-9,11-12H,3-7H2,1-2H3/t8?,9-,10+/m0/s1. The molecule has 0 aromatic heterocycles. The van der Waals surface area contributed by atoms with Gasteiger partial charge in [0.15, 0.2) is 0 Å². The van der Waals surface area contributed by atoms with Crippen molar-refractivity contribution in [2.75, 3.05) is 0 Å². The predicted octanol–water partition coefficient (Wildman–Crippen LogP) is 1.70. The van der Waals surface area contributed by atoms with E-state index in [0.717, 1.165) is 32.1 Å². The Morgan fingerprint density at radius 1 is 1.50 bits per heavy atom. The average molecular weight is 172 g/mol. The van der Waals surface area contributed by atoms with Gasteiger partial charge in [-0.05, 0) is 31.6 Å². The van der Waals surface area contributed by atoms with Crippen LogP contribution in [0, 0.1) is 5.92 Å². The Hall–Kier alpha value is -0.0800. The second-order valence-corrected chi connectivity index (χ2v) is 4.25. The average Bonchev–Trinajstić information content (AvgIpc) is 1.99. The van der Waals surface area contributed by atoms with Crippen molar-refractivity contribution in [2.24, 2.45) is 5.92 Å². The minimum Gasteiger partial charge on any atom is -0.390 e. The van der Waals surface area contributed by atoms with Crippen molar-refractivity contribution in [2.45, 2.75) is 57.7 Å². The van der Waals surface area contributed by atoms with E-state index in [0.29, 0.717) is 5.92 Å². The fourth-order valence-corrected chi connectivity index (χ4v) is 2.11. The fourth-order valence-electron chi connectivity index (χ4n) is 2.11. The van der Waals surface area contributed by atoms with E-state index in [9.17, 15) is 10.2 Å². The predicted molar refractivity (Wildman–Crippen MR) is 48.9 cm³/mol. The van der Waals surface area contributed by atoms with Gasteiger partial charge in [0.25, 0.3) is 0 Å². The van der Waals surface area contributed by atoms with Crippen LogP contribution >= 0.6 is 0 Å². The van der Waals surface area contributed by atoms with Gasteiger partial charge in [-0.1, -0.05) is 20.3 Å². The molecule has 0 heterocycles. The first-order chi connectivity index (χ1) is 5.58. The molecule has 0 amide bonds. The highest BCUT2D eigenvalue weighted by Gasteiger charge is 2.38. The fraction of sp³-hybridized carbons (Fsp3) is 1.00. The number of aliphatic hydroxyl groups is 2. The zero-order chi connectivity index (χ0) is 9.19. The van der Waals surface area contributed by atoms with Crippen LogP contribution in [0.3, 0.4) is 0 Å². The molecule has 1 aliphatic rings. The summed E-state index contributed by atoms with van der Waals surface area (Å²) in [5, 5.41) is 19.7. The summed E-state index contributed by atoms with van der Waals surface area (Å²) in [4.78, 5) is 0. The van der Waals surface area contributed by atoms with E-state index in [2.05, 4.69) is 6.92 Å². The Labute approximate surface area is 74.6 Å². The van der Waals surface area contributed by atoms with Gasteiger partial charge in [0.05, 0.1) is 11.7 Å². The molecule has 0 saturated heterocycles. The second kappa shape index (κ2) is 3.75. The molecule has 0 aliphatic heterocycles. The maximum atomic E-state index is 10.0. The maximum Gasteiger partial charge on any atom is 0.0905 e. The molecule has 1 unspecified atom stereocenters. The van der Waals surface area contributed by atoms with Crippen LogP contribution in [0.1, 0.15) is 46.0 Å².